The smallest absolute Gasteiger partial charge is 0.252 e. The standard InChI is InChI=1S/C12H13N3O/c13-6-1-2-9-8-14-7-5-11(9)12(16)15-10-3-4-10/h5,7-8,10H,3-4,6,13H2,(H,15,16). The summed E-state index contributed by atoms with van der Waals surface area (Å²) >= 11 is 0. The number of nitrogens with one attached hydrogen (secondary N) is 1. The third-order valence-corrected chi connectivity index (χ3v) is 2.30. The molecule has 0 saturated heterocycles. The molecule has 16 heavy (non-hydrogen) atoms. The van der Waals surface area contributed by atoms with Gasteiger partial charge in [0.1, 0.15) is 0 Å². The first-order valence-electron chi connectivity index (χ1n) is 5.25. The Morgan fingerprint density at radius 3 is 3.12 bits per heavy atom. The fourth-order valence-electron chi connectivity index (χ4n) is 1.33. The monoisotopic (exact) mass is 215 g/mol. The third kappa shape index (κ3) is 2.59. The summed E-state index contributed by atoms with van der Waals surface area (Å²) in [6.45, 7) is 0.276. The van der Waals surface area contributed by atoms with E-state index in [-0.39, 0.29) is 12.5 Å². The fourth-order valence-corrected chi connectivity index (χ4v) is 1.33. The predicted octanol–water partition coefficient (Wildman–Crippen LogP) is 0.284. The number of amides is 1. The van der Waals surface area contributed by atoms with Gasteiger partial charge in [0.05, 0.1) is 17.7 Å². The zero-order valence-corrected chi connectivity index (χ0v) is 8.86. The number of nitrogens with two attached hydrogens (primary N) is 1. The normalized spacial score (nSPS) is 13.8. The van der Waals surface area contributed by atoms with Crippen LogP contribution in [0.3, 0.4) is 0 Å². The van der Waals surface area contributed by atoms with Crippen molar-refractivity contribution < 1.29 is 4.79 Å². The Kier molecular flexibility index (Phi) is 3.18. The SMILES string of the molecule is NCC#Cc1cnccc1C(=O)NC1CC1. The molecule has 1 aromatic rings. The second-order valence-electron chi connectivity index (χ2n) is 3.67. The molecule has 2 rings (SSSR count). The molecule has 1 aliphatic rings. The second kappa shape index (κ2) is 4.77. The summed E-state index contributed by atoms with van der Waals surface area (Å²) in [5.41, 5.74) is 6.50. The highest BCUT2D eigenvalue weighted by Gasteiger charge is 2.24. The molecule has 0 aromatic carbocycles. The maximum absolute atomic E-state index is 11.8. The van der Waals surface area contributed by atoms with Crippen LogP contribution in [0.25, 0.3) is 0 Å². The first-order valence-corrected chi connectivity index (χ1v) is 5.25. The largest absolute Gasteiger partial charge is 0.349 e. The van der Waals surface area contributed by atoms with Gasteiger partial charge in [-0.1, -0.05) is 11.8 Å². The third-order valence-electron chi connectivity index (χ3n) is 2.30. The molecular weight excluding hydrogens is 202 g/mol. The van der Waals surface area contributed by atoms with Gasteiger partial charge in [0, 0.05) is 18.4 Å². The number of hydrogen-bond acceptors (Lipinski definition) is 3. The van der Waals surface area contributed by atoms with E-state index in [4.69, 9.17) is 5.73 Å². The lowest BCUT2D eigenvalue weighted by Crippen LogP contribution is -2.26. The molecule has 1 aromatic heterocycles. The summed E-state index contributed by atoms with van der Waals surface area (Å²) < 4.78 is 0. The van der Waals surface area contributed by atoms with Crippen molar-refractivity contribution in [3.63, 3.8) is 0 Å². The lowest BCUT2D eigenvalue weighted by atomic mass is 10.1. The van der Waals surface area contributed by atoms with E-state index in [9.17, 15) is 4.79 Å². The number of carbonyl (C=O) groups is 1. The topological polar surface area (TPSA) is 68.0 Å². The van der Waals surface area contributed by atoms with Gasteiger partial charge in [-0.05, 0) is 18.9 Å². The van der Waals surface area contributed by atoms with Crippen LogP contribution in [-0.4, -0.2) is 23.5 Å². The summed E-state index contributed by atoms with van der Waals surface area (Å²) in [7, 11) is 0. The molecule has 0 spiro atoms. The number of rotatable bonds is 2. The lowest BCUT2D eigenvalue weighted by molar-refractivity contribution is 0.0950. The lowest BCUT2D eigenvalue weighted by Gasteiger charge is -2.04. The van der Waals surface area contributed by atoms with E-state index < -0.39 is 0 Å². The van der Waals surface area contributed by atoms with Crippen molar-refractivity contribution >= 4 is 5.91 Å². The first-order chi connectivity index (χ1) is 7.81. The molecule has 1 heterocycles. The molecule has 3 N–H and O–H groups in total. The van der Waals surface area contributed by atoms with Gasteiger partial charge in [0.15, 0.2) is 0 Å². The van der Waals surface area contributed by atoms with Gasteiger partial charge < -0.3 is 11.1 Å². The Labute approximate surface area is 94.3 Å². The van der Waals surface area contributed by atoms with E-state index in [0.717, 1.165) is 12.8 Å². The van der Waals surface area contributed by atoms with E-state index in [1.807, 2.05) is 0 Å². The number of nitrogens with zero attached hydrogens (tertiary/aromatic N) is 1. The van der Waals surface area contributed by atoms with E-state index in [1.54, 1.807) is 18.5 Å². The number of pyridine rings is 1. The second-order valence-corrected chi connectivity index (χ2v) is 3.67. The van der Waals surface area contributed by atoms with Crippen LogP contribution >= 0.6 is 0 Å². The van der Waals surface area contributed by atoms with Gasteiger partial charge in [-0.2, -0.15) is 0 Å². The van der Waals surface area contributed by atoms with Crippen molar-refractivity contribution in [3.8, 4) is 11.8 Å². The highest BCUT2D eigenvalue weighted by molar-refractivity contribution is 5.96. The van der Waals surface area contributed by atoms with Crippen LogP contribution in [0.15, 0.2) is 18.5 Å². The Bertz CT molecular complexity index is 455. The molecule has 82 valence electrons. The summed E-state index contributed by atoms with van der Waals surface area (Å²) in [6.07, 6.45) is 5.32. The van der Waals surface area contributed by atoms with Gasteiger partial charge in [0.25, 0.3) is 5.91 Å². The van der Waals surface area contributed by atoms with E-state index in [2.05, 4.69) is 22.1 Å². The first kappa shape index (κ1) is 10.7. The van der Waals surface area contributed by atoms with E-state index in [0.29, 0.717) is 17.2 Å². The highest BCUT2D eigenvalue weighted by Crippen LogP contribution is 2.19. The average Bonchev–Trinajstić information content (AvgIpc) is 3.10. The molecule has 0 bridgehead atoms. The van der Waals surface area contributed by atoms with E-state index >= 15 is 0 Å². The van der Waals surface area contributed by atoms with Crippen LogP contribution in [0.5, 0.6) is 0 Å². The van der Waals surface area contributed by atoms with Gasteiger partial charge in [-0.3, -0.25) is 9.78 Å². The summed E-state index contributed by atoms with van der Waals surface area (Å²) in [4.78, 5) is 15.8. The summed E-state index contributed by atoms with van der Waals surface area (Å²) in [5.74, 6) is 5.50. The minimum Gasteiger partial charge on any atom is -0.349 e. The van der Waals surface area contributed by atoms with Crippen molar-refractivity contribution in [2.45, 2.75) is 18.9 Å². The fraction of sp³-hybridized carbons (Fsp3) is 0.333. The van der Waals surface area contributed by atoms with Crippen LogP contribution in [-0.2, 0) is 0 Å². The van der Waals surface area contributed by atoms with Crippen LogP contribution < -0.4 is 11.1 Å². The van der Waals surface area contributed by atoms with Gasteiger partial charge in [-0.25, -0.2) is 0 Å². The Balaban J connectivity index is 2.20. The minimum absolute atomic E-state index is 0.0776. The quantitative estimate of drug-likeness (QED) is 0.696. The van der Waals surface area contributed by atoms with Crippen LogP contribution in [0, 0.1) is 11.8 Å². The van der Waals surface area contributed by atoms with E-state index in [1.165, 1.54) is 0 Å². The molecule has 1 amide bonds. The molecule has 4 nitrogen and oxygen atoms in total. The minimum atomic E-state index is -0.0776. The Morgan fingerprint density at radius 2 is 2.44 bits per heavy atom. The van der Waals surface area contributed by atoms with Gasteiger partial charge in [-0.15, -0.1) is 0 Å². The zero-order valence-electron chi connectivity index (χ0n) is 8.86. The molecule has 0 aliphatic heterocycles. The van der Waals surface area contributed by atoms with Crippen molar-refractivity contribution in [3.05, 3.63) is 29.6 Å². The van der Waals surface area contributed by atoms with Crippen molar-refractivity contribution in [1.82, 2.24) is 10.3 Å². The van der Waals surface area contributed by atoms with Crippen molar-refractivity contribution in [2.75, 3.05) is 6.54 Å². The molecular formula is C12H13N3O. The number of hydrogen-bond donors (Lipinski definition) is 2. The number of carbonyl (C=O) groups excluding carboxylic acids is 1. The molecule has 0 atom stereocenters. The van der Waals surface area contributed by atoms with Crippen molar-refractivity contribution in [1.29, 1.82) is 0 Å². The molecule has 0 unspecified atom stereocenters. The summed E-state index contributed by atoms with van der Waals surface area (Å²) in [5, 5.41) is 2.92. The van der Waals surface area contributed by atoms with Crippen LogP contribution in [0.1, 0.15) is 28.8 Å². The molecule has 1 fully saturated rings. The van der Waals surface area contributed by atoms with Gasteiger partial charge in [0.2, 0.25) is 0 Å². The maximum atomic E-state index is 11.8. The summed E-state index contributed by atoms with van der Waals surface area (Å²) in [6, 6.07) is 2.02. The van der Waals surface area contributed by atoms with Crippen molar-refractivity contribution in [2.24, 2.45) is 5.73 Å². The molecule has 0 radical (unpaired) electrons. The highest BCUT2D eigenvalue weighted by atomic mass is 16.1. The van der Waals surface area contributed by atoms with Crippen LogP contribution in [0.2, 0.25) is 0 Å². The van der Waals surface area contributed by atoms with Gasteiger partial charge >= 0.3 is 0 Å². The van der Waals surface area contributed by atoms with Crippen LogP contribution in [0.4, 0.5) is 0 Å². The average molecular weight is 215 g/mol. The zero-order chi connectivity index (χ0) is 11.4. The number of aromatic nitrogens is 1. The maximum Gasteiger partial charge on any atom is 0.252 e. The Hall–Kier alpha value is -1.86. The molecule has 1 saturated carbocycles. The Morgan fingerprint density at radius 1 is 1.62 bits per heavy atom. The molecule has 1 aliphatic carbocycles. The predicted molar refractivity (Wildman–Crippen MR) is 60.7 cm³/mol. The molecule has 4 heteroatoms.